The third-order valence-corrected chi connectivity index (χ3v) is 5.41. The van der Waals surface area contributed by atoms with E-state index in [-0.39, 0.29) is 29.8 Å². The van der Waals surface area contributed by atoms with Crippen LogP contribution in [0.25, 0.3) is 5.57 Å². The Bertz CT molecular complexity index is 852. The Kier molecular flexibility index (Phi) is 4.68. The van der Waals surface area contributed by atoms with Gasteiger partial charge in [0.2, 0.25) is 0 Å². The van der Waals surface area contributed by atoms with Gasteiger partial charge in [-0.05, 0) is 48.1 Å². The van der Waals surface area contributed by atoms with Gasteiger partial charge in [-0.3, -0.25) is 4.90 Å². The van der Waals surface area contributed by atoms with Gasteiger partial charge in [-0.2, -0.15) is 0 Å². The average Bonchev–Trinajstić information content (AvgIpc) is 2.92. The van der Waals surface area contributed by atoms with E-state index in [1.807, 2.05) is 41.3 Å². The summed E-state index contributed by atoms with van der Waals surface area (Å²) in [6, 6.07) is 14.6. The van der Waals surface area contributed by atoms with Crippen LogP contribution in [0.5, 0.6) is 0 Å². The van der Waals surface area contributed by atoms with Gasteiger partial charge in [0.25, 0.3) is 0 Å². The largest absolute Gasteiger partial charge is 0.445 e. The number of benzene rings is 2. The van der Waals surface area contributed by atoms with Gasteiger partial charge < -0.3 is 4.74 Å². The fraction of sp³-hybridized carbons (Fsp3) is 0.286. The summed E-state index contributed by atoms with van der Waals surface area (Å²) in [5, 5.41) is 0.124. The maximum atomic E-state index is 13.8. The van der Waals surface area contributed by atoms with E-state index in [9.17, 15) is 9.18 Å². The maximum Gasteiger partial charge on any atom is 0.410 e. The van der Waals surface area contributed by atoms with Gasteiger partial charge >= 0.3 is 6.09 Å². The Labute approximate surface area is 157 Å². The molecule has 1 amide bonds. The lowest BCUT2D eigenvalue weighted by molar-refractivity contribution is 0.0832. The lowest BCUT2D eigenvalue weighted by atomic mass is 9.95. The van der Waals surface area contributed by atoms with Crippen LogP contribution in [0.3, 0.4) is 0 Å². The molecular formula is C21H19ClFNO2. The molecule has 2 unspecified atom stereocenters. The minimum atomic E-state index is -0.415. The van der Waals surface area contributed by atoms with Crippen LogP contribution in [0.4, 0.5) is 9.18 Å². The number of ether oxygens (including phenoxy) is 1. The van der Waals surface area contributed by atoms with Crippen molar-refractivity contribution >= 4 is 23.3 Å². The lowest BCUT2D eigenvalue weighted by Crippen LogP contribution is -2.43. The normalized spacial score (nSPS) is 21.5. The molecule has 26 heavy (non-hydrogen) atoms. The quantitative estimate of drug-likeness (QED) is 0.719. The van der Waals surface area contributed by atoms with Crippen molar-refractivity contribution in [3.8, 4) is 0 Å². The first kappa shape index (κ1) is 17.1. The standard InChI is InChI=1S/C21H19ClFNO2/c22-19-9-6-15(12-20(19)23)16-10-17-7-8-18(11-16)24(17)21(25)26-13-14-4-2-1-3-5-14/h1-6,9-10,12,17-18H,7-8,11,13H2. The van der Waals surface area contributed by atoms with Crippen molar-refractivity contribution in [2.75, 3.05) is 0 Å². The molecule has 0 saturated carbocycles. The zero-order valence-electron chi connectivity index (χ0n) is 14.2. The number of hydrogen-bond acceptors (Lipinski definition) is 2. The summed E-state index contributed by atoms with van der Waals surface area (Å²) in [6.07, 6.45) is 4.33. The Balaban J connectivity index is 1.47. The number of carbonyl (C=O) groups is 1. The molecule has 3 nitrogen and oxygen atoms in total. The van der Waals surface area contributed by atoms with Crippen molar-refractivity contribution in [2.45, 2.75) is 38.0 Å². The van der Waals surface area contributed by atoms with E-state index in [2.05, 4.69) is 6.08 Å². The van der Waals surface area contributed by atoms with E-state index in [1.165, 1.54) is 6.07 Å². The number of rotatable bonds is 3. The van der Waals surface area contributed by atoms with Gasteiger partial charge in [-0.25, -0.2) is 9.18 Å². The molecule has 4 rings (SSSR count). The smallest absolute Gasteiger partial charge is 0.410 e. The first-order valence-corrected chi connectivity index (χ1v) is 9.15. The second-order valence-corrected chi connectivity index (χ2v) is 7.18. The van der Waals surface area contributed by atoms with Crippen LogP contribution in [-0.2, 0) is 11.3 Å². The molecule has 0 aliphatic carbocycles. The zero-order chi connectivity index (χ0) is 18.1. The van der Waals surface area contributed by atoms with Crippen molar-refractivity contribution in [3.05, 3.63) is 76.6 Å². The average molecular weight is 372 g/mol. The van der Waals surface area contributed by atoms with E-state index < -0.39 is 5.82 Å². The number of fused-ring (bicyclic) bond motifs is 2. The number of carbonyl (C=O) groups excluding carboxylic acids is 1. The number of amides is 1. The van der Waals surface area contributed by atoms with Crippen LogP contribution in [0, 0.1) is 5.82 Å². The molecule has 0 spiro atoms. The molecule has 2 heterocycles. The van der Waals surface area contributed by atoms with Crippen LogP contribution in [0.15, 0.2) is 54.6 Å². The van der Waals surface area contributed by atoms with Gasteiger partial charge in [0.15, 0.2) is 0 Å². The molecule has 1 fully saturated rings. The van der Waals surface area contributed by atoms with Crippen molar-refractivity contribution in [1.29, 1.82) is 0 Å². The van der Waals surface area contributed by atoms with Crippen molar-refractivity contribution in [1.82, 2.24) is 4.90 Å². The van der Waals surface area contributed by atoms with Gasteiger partial charge in [-0.1, -0.05) is 54.1 Å². The first-order chi connectivity index (χ1) is 12.6. The molecule has 5 heteroatoms. The summed E-state index contributed by atoms with van der Waals surface area (Å²) < 4.78 is 19.3. The minimum Gasteiger partial charge on any atom is -0.445 e. The van der Waals surface area contributed by atoms with E-state index >= 15 is 0 Å². The van der Waals surface area contributed by atoms with Crippen LogP contribution in [0.1, 0.15) is 30.4 Å². The summed E-state index contributed by atoms with van der Waals surface area (Å²) in [5.74, 6) is -0.415. The molecular weight excluding hydrogens is 353 g/mol. The number of hydrogen-bond donors (Lipinski definition) is 0. The summed E-state index contributed by atoms with van der Waals surface area (Å²) in [7, 11) is 0. The van der Waals surface area contributed by atoms with E-state index in [4.69, 9.17) is 16.3 Å². The molecule has 2 bridgehead atoms. The molecule has 2 aliphatic heterocycles. The van der Waals surface area contributed by atoms with Crippen LogP contribution in [0.2, 0.25) is 5.02 Å². The predicted molar refractivity (Wildman–Crippen MR) is 99.3 cm³/mol. The van der Waals surface area contributed by atoms with Crippen molar-refractivity contribution < 1.29 is 13.9 Å². The SMILES string of the molecule is O=C(OCc1ccccc1)N1C2C=C(c3ccc(Cl)c(F)c3)CC1CC2. The maximum absolute atomic E-state index is 13.8. The number of nitrogens with zero attached hydrogens (tertiary/aromatic N) is 1. The highest BCUT2D eigenvalue weighted by atomic mass is 35.5. The van der Waals surface area contributed by atoms with E-state index in [0.29, 0.717) is 6.42 Å². The second kappa shape index (κ2) is 7.12. The monoisotopic (exact) mass is 371 g/mol. The van der Waals surface area contributed by atoms with Crippen molar-refractivity contribution in [2.24, 2.45) is 0 Å². The number of halogens is 2. The van der Waals surface area contributed by atoms with Crippen molar-refractivity contribution in [3.63, 3.8) is 0 Å². The van der Waals surface area contributed by atoms with Gasteiger partial charge in [0.05, 0.1) is 11.1 Å². The molecule has 2 aliphatic rings. The van der Waals surface area contributed by atoms with Crippen LogP contribution < -0.4 is 0 Å². The molecule has 1 saturated heterocycles. The minimum absolute atomic E-state index is 0.00534. The highest BCUT2D eigenvalue weighted by Crippen LogP contribution is 2.39. The predicted octanol–water partition coefficient (Wildman–Crippen LogP) is 5.44. The summed E-state index contributed by atoms with van der Waals surface area (Å²) in [6.45, 7) is 0.272. The summed E-state index contributed by atoms with van der Waals surface area (Å²) in [5.41, 5.74) is 2.87. The van der Waals surface area contributed by atoms with Gasteiger partial charge in [0.1, 0.15) is 12.4 Å². The van der Waals surface area contributed by atoms with Gasteiger partial charge in [-0.15, -0.1) is 0 Å². The zero-order valence-corrected chi connectivity index (χ0v) is 15.0. The van der Waals surface area contributed by atoms with E-state index in [1.54, 1.807) is 6.07 Å². The topological polar surface area (TPSA) is 29.5 Å². The fourth-order valence-corrected chi connectivity index (χ4v) is 3.94. The lowest BCUT2D eigenvalue weighted by Gasteiger charge is -2.33. The highest BCUT2D eigenvalue weighted by molar-refractivity contribution is 6.30. The Morgan fingerprint density at radius 3 is 2.73 bits per heavy atom. The molecule has 0 N–H and O–H groups in total. The highest BCUT2D eigenvalue weighted by Gasteiger charge is 2.40. The first-order valence-electron chi connectivity index (χ1n) is 8.77. The summed E-state index contributed by atoms with van der Waals surface area (Å²) in [4.78, 5) is 14.4. The third-order valence-electron chi connectivity index (χ3n) is 5.10. The Morgan fingerprint density at radius 1 is 1.19 bits per heavy atom. The molecule has 2 aromatic carbocycles. The Hall–Kier alpha value is -2.33. The third kappa shape index (κ3) is 3.34. The fourth-order valence-electron chi connectivity index (χ4n) is 3.82. The molecule has 2 atom stereocenters. The van der Waals surface area contributed by atoms with Crippen LogP contribution in [-0.4, -0.2) is 23.1 Å². The van der Waals surface area contributed by atoms with E-state index in [0.717, 1.165) is 29.5 Å². The summed E-state index contributed by atoms with van der Waals surface area (Å²) >= 11 is 5.78. The van der Waals surface area contributed by atoms with Crippen LogP contribution >= 0.6 is 11.6 Å². The second-order valence-electron chi connectivity index (χ2n) is 6.77. The Morgan fingerprint density at radius 2 is 2.00 bits per heavy atom. The molecule has 2 aromatic rings. The molecule has 134 valence electrons. The molecule has 0 aromatic heterocycles. The van der Waals surface area contributed by atoms with Gasteiger partial charge in [0, 0.05) is 6.04 Å². The molecule has 0 radical (unpaired) electrons.